The summed E-state index contributed by atoms with van der Waals surface area (Å²) in [5, 5.41) is 3.97. The Bertz CT molecular complexity index is 1290. The summed E-state index contributed by atoms with van der Waals surface area (Å²) in [6.45, 7) is 2.42. The van der Waals surface area contributed by atoms with Gasteiger partial charge in [0.2, 0.25) is 27.6 Å². The van der Waals surface area contributed by atoms with Crippen molar-refractivity contribution in [1.29, 1.82) is 0 Å². The van der Waals surface area contributed by atoms with Gasteiger partial charge in [-0.15, -0.1) is 0 Å². The molecule has 0 aliphatic carbocycles. The molecule has 2 heterocycles. The van der Waals surface area contributed by atoms with Gasteiger partial charge in [-0.3, -0.25) is 9.59 Å². The third-order valence-electron chi connectivity index (χ3n) is 5.86. The van der Waals surface area contributed by atoms with E-state index in [2.05, 4.69) is 10.1 Å². The van der Waals surface area contributed by atoms with Crippen molar-refractivity contribution in [2.45, 2.75) is 24.7 Å². The van der Waals surface area contributed by atoms with Crippen molar-refractivity contribution >= 4 is 21.7 Å². The van der Waals surface area contributed by atoms with Crippen LogP contribution in [0, 0.1) is 0 Å². The number of amides is 1. The summed E-state index contributed by atoms with van der Waals surface area (Å²) in [6, 6.07) is 13.1. The Balaban J connectivity index is 1.29. The number of aryl methyl sites for hydroxylation is 1. The predicted molar refractivity (Wildman–Crippen MR) is 126 cm³/mol. The molecule has 0 atom stereocenters. The molecule has 0 N–H and O–H groups in total. The second kappa shape index (κ2) is 10.4. The highest BCUT2D eigenvalue weighted by Crippen LogP contribution is 2.21. The van der Waals surface area contributed by atoms with Gasteiger partial charge < -0.3 is 14.2 Å². The van der Waals surface area contributed by atoms with Gasteiger partial charge in [0, 0.05) is 50.1 Å². The predicted octanol–water partition coefficient (Wildman–Crippen LogP) is 2.41. The highest BCUT2D eigenvalue weighted by atomic mass is 32.2. The largest absolute Gasteiger partial charge is 0.497 e. The molecule has 1 amide bonds. The van der Waals surface area contributed by atoms with Crippen LogP contribution in [0.25, 0.3) is 11.4 Å². The lowest BCUT2D eigenvalue weighted by atomic mass is 10.2. The number of hydrogen-bond donors (Lipinski definition) is 0. The van der Waals surface area contributed by atoms with Crippen LogP contribution < -0.4 is 4.74 Å². The SMILES string of the molecule is COc1ccc(-c2noc(CCC(=O)N3CCN(S(=O)(=O)c4ccc(C(C)=O)cc4)CC3)n2)cc1. The number of hydrogen-bond acceptors (Lipinski definition) is 8. The van der Waals surface area contributed by atoms with Crippen LogP contribution in [0.2, 0.25) is 0 Å². The molecular weight excluding hydrogens is 472 g/mol. The number of ketones is 1. The Morgan fingerprint density at radius 2 is 1.66 bits per heavy atom. The molecular formula is C24H26N4O6S. The van der Waals surface area contributed by atoms with E-state index in [1.807, 2.05) is 12.1 Å². The van der Waals surface area contributed by atoms with Gasteiger partial charge in [0.25, 0.3) is 0 Å². The molecule has 0 spiro atoms. The summed E-state index contributed by atoms with van der Waals surface area (Å²) in [6.07, 6.45) is 0.479. The first-order chi connectivity index (χ1) is 16.8. The maximum atomic E-state index is 12.9. The number of carbonyl (C=O) groups is 2. The Kier molecular flexibility index (Phi) is 7.27. The van der Waals surface area contributed by atoms with Gasteiger partial charge in [0.1, 0.15) is 5.75 Å². The number of methoxy groups -OCH3 is 1. The van der Waals surface area contributed by atoms with E-state index in [0.29, 0.717) is 36.8 Å². The molecule has 0 saturated carbocycles. The first-order valence-electron chi connectivity index (χ1n) is 11.1. The van der Waals surface area contributed by atoms with E-state index in [0.717, 1.165) is 11.3 Å². The molecule has 1 saturated heterocycles. The molecule has 0 unspecified atom stereocenters. The average Bonchev–Trinajstić information content (AvgIpc) is 3.36. The normalized spacial score (nSPS) is 14.6. The molecule has 1 aromatic heterocycles. The average molecular weight is 499 g/mol. The lowest BCUT2D eigenvalue weighted by Gasteiger charge is -2.34. The van der Waals surface area contributed by atoms with Crippen LogP contribution in [0.5, 0.6) is 5.75 Å². The van der Waals surface area contributed by atoms with Crippen molar-refractivity contribution in [3.05, 3.63) is 60.0 Å². The number of nitrogens with zero attached hydrogens (tertiary/aromatic N) is 4. The topological polar surface area (TPSA) is 123 Å². The minimum absolute atomic E-state index is 0.0999. The fraction of sp³-hybridized carbons (Fsp3) is 0.333. The monoisotopic (exact) mass is 498 g/mol. The number of aromatic nitrogens is 2. The van der Waals surface area contributed by atoms with Crippen LogP contribution in [0.15, 0.2) is 57.9 Å². The second-order valence-electron chi connectivity index (χ2n) is 8.11. The van der Waals surface area contributed by atoms with Crippen molar-refractivity contribution in [3.8, 4) is 17.1 Å². The summed E-state index contributed by atoms with van der Waals surface area (Å²) in [4.78, 5) is 30.2. The quantitative estimate of drug-likeness (QED) is 0.434. The molecule has 1 fully saturated rings. The van der Waals surface area contributed by atoms with Crippen LogP contribution >= 0.6 is 0 Å². The van der Waals surface area contributed by atoms with Crippen molar-refractivity contribution in [2.75, 3.05) is 33.3 Å². The minimum Gasteiger partial charge on any atom is -0.497 e. The van der Waals surface area contributed by atoms with E-state index in [1.165, 1.54) is 35.5 Å². The summed E-state index contributed by atoms with van der Waals surface area (Å²) < 4.78 is 37.6. The maximum Gasteiger partial charge on any atom is 0.243 e. The number of Topliss-reactive ketones (excluding diaryl/α,β-unsaturated/α-hetero) is 1. The molecule has 10 nitrogen and oxygen atoms in total. The molecule has 1 aliphatic rings. The van der Waals surface area contributed by atoms with Gasteiger partial charge >= 0.3 is 0 Å². The molecule has 35 heavy (non-hydrogen) atoms. The molecule has 2 aromatic carbocycles. The summed E-state index contributed by atoms with van der Waals surface area (Å²) in [5.41, 5.74) is 1.23. The number of carbonyl (C=O) groups excluding carboxylic acids is 2. The summed E-state index contributed by atoms with van der Waals surface area (Å²) >= 11 is 0. The molecule has 11 heteroatoms. The first-order valence-corrected chi connectivity index (χ1v) is 12.6. The van der Waals surface area contributed by atoms with E-state index in [9.17, 15) is 18.0 Å². The summed E-state index contributed by atoms with van der Waals surface area (Å²) in [7, 11) is -2.10. The van der Waals surface area contributed by atoms with Crippen LogP contribution in [-0.2, 0) is 21.2 Å². The lowest BCUT2D eigenvalue weighted by molar-refractivity contribution is -0.132. The zero-order valence-electron chi connectivity index (χ0n) is 19.5. The number of piperazine rings is 1. The van der Waals surface area contributed by atoms with Crippen LogP contribution in [0.3, 0.4) is 0 Å². The van der Waals surface area contributed by atoms with Crippen molar-refractivity contribution in [3.63, 3.8) is 0 Å². The highest BCUT2D eigenvalue weighted by Gasteiger charge is 2.30. The van der Waals surface area contributed by atoms with Gasteiger partial charge in [-0.1, -0.05) is 17.3 Å². The standard InChI is InChI=1S/C24H26N4O6S/c1-17(29)18-5-9-21(10-6-18)35(31,32)28-15-13-27(14-16-28)23(30)12-11-22-25-24(26-34-22)19-3-7-20(33-2)8-4-19/h3-10H,11-16H2,1-2H3. The van der Waals surface area contributed by atoms with Gasteiger partial charge in [-0.2, -0.15) is 9.29 Å². The molecule has 4 rings (SSSR count). The number of sulfonamides is 1. The molecule has 0 bridgehead atoms. The number of rotatable bonds is 8. The van der Waals surface area contributed by atoms with E-state index >= 15 is 0 Å². The van der Waals surface area contributed by atoms with E-state index in [-0.39, 0.29) is 36.1 Å². The smallest absolute Gasteiger partial charge is 0.243 e. The number of ether oxygens (including phenoxy) is 1. The highest BCUT2D eigenvalue weighted by molar-refractivity contribution is 7.89. The fourth-order valence-electron chi connectivity index (χ4n) is 3.77. The van der Waals surface area contributed by atoms with Gasteiger partial charge in [0.15, 0.2) is 5.78 Å². The third kappa shape index (κ3) is 5.57. The van der Waals surface area contributed by atoms with E-state index in [1.54, 1.807) is 24.1 Å². The minimum atomic E-state index is -3.69. The first kappa shape index (κ1) is 24.6. The van der Waals surface area contributed by atoms with Crippen molar-refractivity contribution < 1.29 is 27.3 Å². The lowest BCUT2D eigenvalue weighted by Crippen LogP contribution is -2.50. The zero-order chi connectivity index (χ0) is 25.0. The Morgan fingerprint density at radius 3 is 2.26 bits per heavy atom. The molecule has 1 aliphatic heterocycles. The van der Waals surface area contributed by atoms with Crippen molar-refractivity contribution in [1.82, 2.24) is 19.3 Å². The molecule has 0 radical (unpaired) electrons. The maximum absolute atomic E-state index is 12.9. The zero-order valence-corrected chi connectivity index (χ0v) is 20.3. The fourth-order valence-corrected chi connectivity index (χ4v) is 5.20. The summed E-state index contributed by atoms with van der Waals surface area (Å²) in [5.74, 6) is 1.29. The molecule has 3 aromatic rings. The van der Waals surface area contributed by atoms with Crippen LogP contribution in [-0.4, -0.2) is 72.7 Å². The number of benzene rings is 2. The Morgan fingerprint density at radius 1 is 1.00 bits per heavy atom. The van der Waals surface area contributed by atoms with Crippen molar-refractivity contribution in [2.24, 2.45) is 0 Å². The third-order valence-corrected chi connectivity index (χ3v) is 7.77. The molecule has 184 valence electrons. The van der Waals surface area contributed by atoms with E-state index in [4.69, 9.17) is 9.26 Å². The van der Waals surface area contributed by atoms with Gasteiger partial charge in [0.05, 0.1) is 12.0 Å². The van der Waals surface area contributed by atoms with Crippen LogP contribution in [0.4, 0.5) is 0 Å². The Labute approximate surface area is 203 Å². The van der Waals surface area contributed by atoms with Gasteiger partial charge in [-0.05, 0) is 43.3 Å². The van der Waals surface area contributed by atoms with Gasteiger partial charge in [-0.25, -0.2) is 8.42 Å². The van der Waals surface area contributed by atoms with Crippen LogP contribution in [0.1, 0.15) is 29.6 Å². The van der Waals surface area contributed by atoms with E-state index < -0.39 is 10.0 Å². The Hall–Kier alpha value is -3.57. The second-order valence-corrected chi connectivity index (χ2v) is 10.0.